The third-order valence-corrected chi connectivity index (χ3v) is 6.68. The number of hydrogen-bond donors (Lipinski definition) is 1. The number of hydrogen-bond acceptors (Lipinski definition) is 4. The maximum absolute atomic E-state index is 13.1. The summed E-state index contributed by atoms with van der Waals surface area (Å²) < 4.78 is 6.12. The van der Waals surface area contributed by atoms with Crippen LogP contribution in [-0.2, 0) is 0 Å². The van der Waals surface area contributed by atoms with Crippen molar-refractivity contribution >= 4 is 28.5 Å². The van der Waals surface area contributed by atoms with Crippen molar-refractivity contribution in [2.75, 3.05) is 30.9 Å². The number of amides is 2. The van der Waals surface area contributed by atoms with Gasteiger partial charge in [0.1, 0.15) is 11.6 Å². The van der Waals surface area contributed by atoms with E-state index in [1.165, 1.54) is 5.56 Å². The van der Waals surface area contributed by atoms with Crippen LogP contribution in [-0.4, -0.2) is 36.6 Å². The molecule has 0 radical (unpaired) electrons. The molecule has 1 aliphatic heterocycles. The number of oxazole rings is 1. The van der Waals surface area contributed by atoms with E-state index in [9.17, 15) is 4.79 Å². The lowest BCUT2D eigenvalue weighted by atomic mass is 10.0. The van der Waals surface area contributed by atoms with E-state index in [1.54, 1.807) is 0 Å². The number of urea groups is 1. The molecule has 0 saturated carbocycles. The number of aromatic nitrogens is 1. The fourth-order valence-corrected chi connectivity index (χ4v) is 4.50. The molecule has 2 heterocycles. The van der Waals surface area contributed by atoms with E-state index in [0.29, 0.717) is 12.4 Å². The zero-order valence-electron chi connectivity index (χ0n) is 20.1. The summed E-state index contributed by atoms with van der Waals surface area (Å²) in [6.07, 6.45) is 1.76. The summed E-state index contributed by atoms with van der Waals surface area (Å²) in [5, 5.41) is 3.04. The van der Waals surface area contributed by atoms with Crippen LogP contribution in [0.4, 0.5) is 16.2 Å². The third-order valence-electron chi connectivity index (χ3n) is 6.68. The van der Waals surface area contributed by atoms with E-state index in [0.717, 1.165) is 52.0 Å². The number of carbonyl (C=O) groups is 1. The first-order chi connectivity index (χ1) is 16.4. The van der Waals surface area contributed by atoms with E-state index in [1.807, 2.05) is 50.2 Å². The van der Waals surface area contributed by atoms with Crippen LogP contribution in [0.25, 0.3) is 22.2 Å². The molecule has 1 saturated heterocycles. The lowest BCUT2D eigenvalue weighted by Crippen LogP contribution is -2.34. The van der Waals surface area contributed by atoms with Crippen molar-refractivity contribution < 1.29 is 9.21 Å². The topological polar surface area (TPSA) is 61.6 Å². The molecule has 4 aromatic rings. The minimum atomic E-state index is -0.165. The zero-order chi connectivity index (χ0) is 23.8. The molecule has 174 valence electrons. The molecule has 0 unspecified atom stereocenters. The standard InChI is InChI=1S/C28H30N4O2/c1-18-7-11-22(16-19(18)2)29-28(33)32-15-5-6-25(32)27-30-24-17-21(10-14-26(24)34-27)20-8-12-23(13-9-20)31(3)4/h7-14,16-17,25H,5-6,15H2,1-4H3,(H,29,33)/t25-/m0/s1. The van der Waals surface area contributed by atoms with E-state index in [4.69, 9.17) is 9.40 Å². The molecule has 1 atom stereocenters. The van der Waals surface area contributed by atoms with Gasteiger partial charge < -0.3 is 19.5 Å². The molecule has 5 rings (SSSR count). The first-order valence-electron chi connectivity index (χ1n) is 11.7. The quantitative estimate of drug-likeness (QED) is 0.380. The normalized spacial score (nSPS) is 15.6. The Bertz CT molecular complexity index is 1340. The minimum Gasteiger partial charge on any atom is -0.438 e. The highest BCUT2D eigenvalue weighted by Crippen LogP contribution is 2.35. The summed E-state index contributed by atoms with van der Waals surface area (Å²) in [5.41, 5.74) is 8.10. The largest absolute Gasteiger partial charge is 0.438 e. The van der Waals surface area contributed by atoms with Crippen LogP contribution in [0.1, 0.15) is 35.9 Å². The summed E-state index contributed by atoms with van der Waals surface area (Å²) >= 11 is 0. The van der Waals surface area contributed by atoms with Crippen LogP contribution in [0.3, 0.4) is 0 Å². The highest BCUT2D eigenvalue weighted by molar-refractivity contribution is 5.90. The fourth-order valence-electron chi connectivity index (χ4n) is 4.50. The summed E-state index contributed by atoms with van der Waals surface area (Å²) in [5.74, 6) is 0.600. The molecule has 0 bridgehead atoms. The third kappa shape index (κ3) is 4.23. The number of rotatable bonds is 4. The maximum atomic E-state index is 13.1. The number of aryl methyl sites for hydroxylation is 2. The highest BCUT2D eigenvalue weighted by atomic mass is 16.4. The van der Waals surface area contributed by atoms with E-state index in [2.05, 4.69) is 53.5 Å². The van der Waals surface area contributed by atoms with Crippen molar-refractivity contribution in [2.24, 2.45) is 0 Å². The lowest BCUT2D eigenvalue weighted by molar-refractivity contribution is 0.199. The van der Waals surface area contributed by atoms with Gasteiger partial charge in [-0.2, -0.15) is 0 Å². The second-order valence-electron chi connectivity index (χ2n) is 9.26. The van der Waals surface area contributed by atoms with Crippen LogP contribution < -0.4 is 10.2 Å². The summed E-state index contributed by atoms with van der Waals surface area (Å²) in [7, 11) is 4.07. The Hall–Kier alpha value is -3.80. The molecule has 3 aromatic carbocycles. The van der Waals surface area contributed by atoms with E-state index in [-0.39, 0.29) is 12.1 Å². The first kappa shape index (κ1) is 22.0. The average Bonchev–Trinajstić information content (AvgIpc) is 3.48. The Morgan fingerprint density at radius 2 is 1.76 bits per heavy atom. The van der Waals surface area contributed by atoms with Gasteiger partial charge in [-0.25, -0.2) is 9.78 Å². The van der Waals surface area contributed by atoms with Gasteiger partial charge in [-0.1, -0.05) is 24.3 Å². The van der Waals surface area contributed by atoms with Gasteiger partial charge in [-0.05, 0) is 85.3 Å². The van der Waals surface area contributed by atoms with Crippen molar-refractivity contribution in [3.63, 3.8) is 0 Å². The Balaban J connectivity index is 1.37. The minimum absolute atomic E-state index is 0.116. The average molecular weight is 455 g/mol. The number of nitrogens with one attached hydrogen (secondary N) is 1. The lowest BCUT2D eigenvalue weighted by Gasteiger charge is -2.22. The van der Waals surface area contributed by atoms with Gasteiger partial charge in [0.25, 0.3) is 0 Å². The van der Waals surface area contributed by atoms with Gasteiger partial charge >= 0.3 is 6.03 Å². The molecule has 1 aromatic heterocycles. The molecule has 2 amide bonds. The zero-order valence-corrected chi connectivity index (χ0v) is 20.1. The molecule has 6 nitrogen and oxygen atoms in total. The van der Waals surface area contributed by atoms with Crippen molar-refractivity contribution in [1.82, 2.24) is 9.88 Å². The number of benzene rings is 3. The number of anilines is 2. The van der Waals surface area contributed by atoms with Gasteiger partial charge in [-0.3, -0.25) is 0 Å². The van der Waals surface area contributed by atoms with Gasteiger partial charge in [-0.15, -0.1) is 0 Å². The molecule has 1 N–H and O–H groups in total. The summed E-state index contributed by atoms with van der Waals surface area (Å²) in [6.45, 7) is 4.80. The molecular weight excluding hydrogens is 424 g/mol. The molecule has 34 heavy (non-hydrogen) atoms. The van der Waals surface area contributed by atoms with Crippen molar-refractivity contribution in [3.8, 4) is 11.1 Å². The first-order valence-corrected chi connectivity index (χ1v) is 11.7. The van der Waals surface area contributed by atoms with E-state index < -0.39 is 0 Å². The molecule has 0 spiro atoms. The Labute approximate surface area is 200 Å². The number of carbonyl (C=O) groups excluding carboxylic acids is 1. The van der Waals surface area contributed by atoms with Crippen LogP contribution in [0.2, 0.25) is 0 Å². The number of nitrogens with zero attached hydrogens (tertiary/aromatic N) is 3. The van der Waals surface area contributed by atoms with Crippen LogP contribution in [0.5, 0.6) is 0 Å². The molecule has 0 aliphatic carbocycles. The Morgan fingerprint density at radius 3 is 2.50 bits per heavy atom. The van der Waals surface area contributed by atoms with Gasteiger partial charge in [0, 0.05) is 32.0 Å². The van der Waals surface area contributed by atoms with Gasteiger partial charge in [0.05, 0.1) is 0 Å². The fraction of sp³-hybridized carbons (Fsp3) is 0.286. The predicted octanol–water partition coefficient (Wildman–Crippen LogP) is 6.55. The second kappa shape index (κ2) is 8.86. The SMILES string of the molecule is Cc1ccc(NC(=O)N2CCC[C@H]2c2nc3cc(-c4ccc(N(C)C)cc4)ccc3o2)cc1C. The van der Waals surface area contributed by atoms with Crippen LogP contribution in [0, 0.1) is 13.8 Å². The monoisotopic (exact) mass is 454 g/mol. The number of likely N-dealkylation sites (tertiary alicyclic amines) is 1. The van der Waals surface area contributed by atoms with Crippen LogP contribution in [0.15, 0.2) is 65.1 Å². The van der Waals surface area contributed by atoms with Gasteiger partial charge in [0.15, 0.2) is 5.58 Å². The van der Waals surface area contributed by atoms with Crippen LogP contribution >= 0.6 is 0 Å². The molecular formula is C28H30N4O2. The summed E-state index contributed by atoms with van der Waals surface area (Å²) in [4.78, 5) is 21.8. The van der Waals surface area contributed by atoms with E-state index >= 15 is 0 Å². The Kier molecular flexibility index (Phi) is 5.74. The maximum Gasteiger partial charge on any atom is 0.322 e. The molecule has 1 fully saturated rings. The molecule has 6 heteroatoms. The second-order valence-corrected chi connectivity index (χ2v) is 9.26. The van der Waals surface area contributed by atoms with Crippen molar-refractivity contribution in [2.45, 2.75) is 32.7 Å². The Morgan fingerprint density at radius 1 is 1.00 bits per heavy atom. The predicted molar refractivity (Wildman–Crippen MR) is 137 cm³/mol. The smallest absolute Gasteiger partial charge is 0.322 e. The van der Waals surface area contributed by atoms with Crippen molar-refractivity contribution in [3.05, 3.63) is 77.7 Å². The van der Waals surface area contributed by atoms with Gasteiger partial charge in [0.2, 0.25) is 5.89 Å². The summed E-state index contributed by atoms with van der Waals surface area (Å²) in [6, 6.07) is 20.2. The van der Waals surface area contributed by atoms with Crippen molar-refractivity contribution in [1.29, 1.82) is 0 Å². The highest BCUT2D eigenvalue weighted by Gasteiger charge is 2.33. The molecule has 1 aliphatic rings. The number of fused-ring (bicyclic) bond motifs is 1.